The first-order valence-electron chi connectivity index (χ1n) is 7.62. The van der Waals surface area contributed by atoms with Crippen molar-refractivity contribution in [3.8, 4) is 0 Å². The molecular weight excluding hydrogens is 312 g/mol. The van der Waals surface area contributed by atoms with E-state index in [1.54, 1.807) is 0 Å². The van der Waals surface area contributed by atoms with Crippen LogP contribution in [0.3, 0.4) is 0 Å². The van der Waals surface area contributed by atoms with E-state index in [1.165, 1.54) is 36.5 Å². The van der Waals surface area contributed by atoms with E-state index in [0.717, 1.165) is 22.9 Å². The Morgan fingerprint density at radius 1 is 0.900 bits per heavy atom. The maximum Gasteiger partial charge on any atom is 0.0824 e. The maximum atomic E-state index is 10.8. The van der Waals surface area contributed by atoms with E-state index in [1.807, 2.05) is 0 Å². The van der Waals surface area contributed by atoms with Gasteiger partial charge in [-0.05, 0) is 41.2 Å². The van der Waals surface area contributed by atoms with Gasteiger partial charge in [-0.2, -0.15) is 0 Å². The summed E-state index contributed by atoms with van der Waals surface area (Å²) in [7, 11) is 0. The number of hydrogen-bond acceptors (Lipinski definition) is 1. The Bertz CT molecular complexity index is 585. The first kappa shape index (κ1) is 14.1. The van der Waals surface area contributed by atoms with Crippen molar-refractivity contribution < 1.29 is 5.11 Å². The molecule has 0 heterocycles. The van der Waals surface area contributed by atoms with E-state index in [0.29, 0.717) is 5.92 Å². The molecule has 0 radical (unpaired) electrons. The van der Waals surface area contributed by atoms with Crippen molar-refractivity contribution in [1.82, 2.24) is 0 Å². The summed E-state index contributed by atoms with van der Waals surface area (Å²) in [4.78, 5) is 0. The predicted molar refractivity (Wildman–Crippen MR) is 87.8 cm³/mol. The number of benzene rings is 2. The Labute approximate surface area is 129 Å². The zero-order valence-electron chi connectivity index (χ0n) is 11.7. The summed E-state index contributed by atoms with van der Waals surface area (Å²) in [5.74, 6) is 0.419. The predicted octanol–water partition coefficient (Wildman–Crippen LogP) is 5.61. The minimum Gasteiger partial charge on any atom is -0.388 e. The third-order valence-corrected chi connectivity index (χ3v) is 5.26. The fourth-order valence-corrected chi connectivity index (χ4v) is 3.90. The Kier molecular flexibility index (Phi) is 4.42. The average Bonchev–Trinajstić information content (AvgIpc) is 2.76. The van der Waals surface area contributed by atoms with Crippen LogP contribution in [0.2, 0.25) is 0 Å². The van der Waals surface area contributed by atoms with Crippen LogP contribution < -0.4 is 0 Å². The molecule has 3 rings (SSSR count). The number of halogens is 1. The summed E-state index contributed by atoms with van der Waals surface area (Å²) in [6.45, 7) is 0. The lowest BCUT2D eigenvalue weighted by atomic mass is 9.87. The van der Waals surface area contributed by atoms with Crippen molar-refractivity contribution in [2.45, 2.75) is 44.6 Å². The lowest BCUT2D eigenvalue weighted by molar-refractivity contribution is 0.100. The molecule has 1 aliphatic rings. The van der Waals surface area contributed by atoms with Gasteiger partial charge in [0.25, 0.3) is 0 Å². The van der Waals surface area contributed by atoms with E-state index in [-0.39, 0.29) is 6.10 Å². The number of aliphatic hydroxyl groups is 1. The van der Waals surface area contributed by atoms with E-state index < -0.39 is 0 Å². The molecule has 0 spiro atoms. The van der Waals surface area contributed by atoms with Crippen LogP contribution in [0.4, 0.5) is 0 Å². The monoisotopic (exact) mass is 332 g/mol. The zero-order chi connectivity index (χ0) is 13.9. The molecule has 0 bridgehead atoms. The van der Waals surface area contributed by atoms with Crippen LogP contribution in [-0.2, 0) is 0 Å². The van der Waals surface area contributed by atoms with Crippen molar-refractivity contribution in [1.29, 1.82) is 0 Å². The molecular formula is C18H21BrO. The molecule has 1 atom stereocenters. The number of fused-ring (bicyclic) bond motifs is 1. The second-order valence-electron chi connectivity index (χ2n) is 5.88. The summed E-state index contributed by atoms with van der Waals surface area (Å²) in [6.07, 6.45) is 7.16. The molecule has 0 aromatic heterocycles. The largest absolute Gasteiger partial charge is 0.388 e. The highest BCUT2D eigenvalue weighted by Gasteiger charge is 2.23. The van der Waals surface area contributed by atoms with Gasteiger partial charge in [0.15, 0.2) is 0 Å². The van der Waals surface area contributed by atoms with E-state index in [9.17, 15) is 5.11 Å². The topological polar surface area (TPSA) is 20.2 Å². The van der Waals surface area contributed by atoms with Crippen LogP contribution in [0.5, 0.6) is 0 Å². The molecule has 1 aliphatic carbocycles. The lowest BCUT2D eigenvalue weighted by Crippen LogP contribution is -2.12. The molecule has 1 N–H and O–H groups in total. The van der Waals surface area contributed by atoms with Crippen molar-refractivity contribution >= 4 is 26.7 Å². The minimum atomic E-state index is -0.328. The highest BCUT2D eigenvalue weighted by molar-refractivity contribution is 9.10. The highest BCUT2D eigenvalue weighted by Crippen LogP contribution is 2.37. The van der Waals surface area contributed by atoms with Crippen LogP contribution >= 0.6 is 15.9 Å². The number of hydrogen-bond donors (Lipinski definition) is 1. The van der Waals surface area contributed by atoms with Crippen LogP contribution in [0.15, 0.2) is 40.9 Å². The van der Waals surface area contributed by atoms with E-state index in [4.69, 9.17) is 0 Å². The van der Waals surface area contributed by atoms with Crippen molar-refractivity contribution in [3.05, 3.63) is 46.4 Å². The van der Waals surface area contributed by atoms with Crippen molar-refractivity contribution in [3.63, 3.8) is 0 Å². The summed E-state index contributed by atoms with van der Waals surface area (Å²) in [5.41, 5.74) is 1.09. The molecule has 1 saturated carbocycles. The van der Waals surface area contributed by atoms with Gasteiger partial charge in [0.05, 0.1) is 6.10 Å². The molecule has 2 heteroatoms. The van der Waals surface area contributed by atoms with Crippen molar-refractivity contribution in [2.75, 3.05) is 0 Å². The van der Waals surface area contributed by atoms with Gasteiger partial charge in [0.2, 0.25) is 0 Å². The summed E-state index contributed by atoms with van der Waals surface area (Å²) in [5, 5.41) is 13.2. The van der Waals surface area contributed by atoms with Crippen molar-refractivity contribution in [2.24, 2.45) is 5.92 Å². The van der Waals surface area contributed by atoms with Gasteiger partial charge in [0, 0.05) is 4.47 Å². The normalized spacial score (nSPS) is 18.9. The second kappa shape index (κ2) is 6.28. The molecule has 20 heavy (non-hydrogen) atoms. The zero-order valence-corrected chi connectivity index (χ0v) is 13.3. The summed E-state index contributed by atoms with van der Waals surface area (Å²) in [6, 6.07) is 12.5. The van der Waals surface area contributed by atoms with E-state index >= 15 is 0 Å². The SMILES string of the molecule is OC(c1ccc(Br)c2ccccc12)C1CCCCCC1. The van der Waals surface area contributed by atoms with E-state index in [2.05, 4.69) is 52.3 Å². The molecule has 0 saturated heterocycles. The number of rotatable bonds is 2. The molecule has 1 unspecified atom stereocenters. The molecule has 0 aliphatic heterocycles. The first-order chi connectivity index (χ1) is 9.77. The molecule has 106 valence electrons. The Morgan fingerprint density at radius 3 is 2.25 bits per heavy atom. The smallest absolute Gasteiger partial charge is 0.0824 e. The maximum absolute atomic E-state index is 10.8. The van der Waals surface area contributed by atoms with Gasteiger partial charge in [-0.1, -0.05) is 71.9 Å². The summed E-state index contributed by atoms with van der Waals surface area (Å²) >= 11 is 3.61. The first-order valence-corrected chi connectivity index (χ1v) is 8.42. The lowest BCUT2D eigenvalue weighted by Gasteiger charge is -2.23. The van der Waals surface area contributed by atoms with Crippen LogP contribution in [0, 0.1) is 5.92 Å². The molecule has 2 aromatic carbocycles. The molecule has 2 aromatic rings. The van der Waals surface area contributed by atoms with Gasteiger partial charge < -0.3 is 5.11 Å². The minimum absolute atomic E-state index is 0.328. The third kappa shape index (κ3) is 2.77. The van der Waals surface area contributed by atoms with Gasteiger partial charge in [-0.25, -0.2) is 0 Å². The number of aliphatic hydroxyl groups excluding tert-OH is 1. The Balaban J connectivity index is 1.98. The summed E-state index contributed by atoms with van der Waals surface area (Å²) < 4.78 is 1.10. The Hall–Kier alpha value is -0.860. The second-order valence-corrected chi connectivity index (χ2v) is 6.73. The standard InChI is InChI=1S/C18H21BrO/c19-17-12-11-16(14-9-5-6-10-15(14)17)18(20)13-7-3-1-2-4-8-13/h5-6,9-13,18,20H,1-4,7-8H2. The third-order valence-electron chi connectivity index (χ3n) is 4.57. The molecule has 0 amide bonds. The fraction of sp³-hybridized carbons (Fsp3) is 0.444. The van der Waals surface area contributed by atoms with Gasteiger partial charge >= 0.3 is 0 Å². The van der Waals surface area contributed by atoms with Gasteiger partial charge in [-0.15, -0.1) is 0 Å². The van der Waals surface area contributed by atoms with Crippen LogP contribution in [0.1, 0.15) is 50.2 Å². The van der Waals surface area contributed by atoms with Gasteiger partial charge in [0.1, 0.15) is 0 Å². The van der Waals surface area contributed by atoms with Crippen LogP contribution in [-0.4, -0.2) is 5.11 Å². The average molecular weight is 333 g/mol. The van der Waals surface area contributed by atoms with Gasteiger partial charge in [-0.3, -0.25) is 0 Å². The highest BCUT2D eigenvalue weighted by atomic mass is 79.9. The Morgan fingerprint density at radius 2 is 1.55 bits per heavy atom. The molecule has 1 nitrogen and oxygen atoms in total. The van der Waals surface area contributed by atoms with Crippen LogP contribution in [0.25, 0.3) is 10.8 Å². The quantitative estimate of drug-likeness (QED) is 0.709. The fourth-order valence-electron chi connectivity index (χ4n) is 3.42. The molecule has 1 fully saturated rings.